The minimum Gasteiger partial charge on any atom is -0.496 e. The van der Waals surface area contributed by atoms with E-state index in [2.05, 4.69) is 10.5 Å². The zero-order valence-corrected chi connectivity index (χ0v) is 10.9. The third kappa shape index (κ3) is 2.97. The van der Waals surface area contributed by atoms with E-state index in [-0.39, 0.29) is 18.0 Å². The van der Waals surface area contributed by atoms with Crippen molar-refractivity contribution in [1.82, 2.24) is 5.32 Å². The summed E-state index contributed by atoms with van der Waals surface area (Å²) in [5.74, 6) is 0.578. The summed E-state index contributed by atoms with van der Waals surface area (Å²) in [5, 5.41) is 24.2. The van der Waals surface area contributed by atoms with Crippen LogP contribution in [0.3, 0.4) is 0 Å². The van der Waals surface area contributed by atoms with Crippen molar-refractivity contribution in [2.45, 2.75) is 24.9 Å². The number of nitrogens with one attached hydrogen (secondary N) is 1. The summed E-state index contributed by atoms with van der Waals surface area (Å²) >= 11 is 0. The number of hydrogen-bond donors (Lipinski definition) is 4. The lowest BCUT2D eigenvalue weighted by atomic mass is 10.1. The van der Waals surface area contributed by atoms with Gasteiger partial charge < -0.3 is 26.1 Å². The molecule has 1 aromatic carbocycles. The average molecular weight is 265 g/mol. The van der Waals surface area contributed by atoms with Crippen molar-refractivity contribution >= 4 is 5.84 Å². The number of methoxy groups -OCH3 is 1. The van der Waals surface area contributed by atoms with E-state index in [0.717, 1.165) is 18.4 Å². The van der Waals surface area contributed by atoms with Gasteiger partial charge in [0.2, 0.25) is 0 Å². The van der Waals surface area contributed by atoms with Crippen molar-refractivity contribution in [1.29, 1.82) is 0 Å². The van der Waals surface area contributed by atoms with Crippen LogP contribution in [0.25, 0.3) is 0 Å². The standard InChI is InChI=1S/C13H19N3O3/c1-19-11-6-9(2-3-10(11)12(14)16-18)7-15-13(8-17)4-5-13/h2-3,6,15,17-18H,4-5,7-8H2,1H3,(H2,14,16). The van der Waals surface area contributed by atoms with Gasteiger partial charge in [-0.1, -0.05) is 11.2 Å². The molecule has 0 aromatic heterocycles. The number of rotatable bonds is 6. The minimum atomic E-state index is -0.0997. The maximum absolute atomic E-state index is 9.24. The highest BCUT2D eigenvalue weighted by molar-refractivity contribution is 5.99. The summed E-state index contributed by atoms with van der Waals surface area (Å²) in [6.45, 7) is 0.805. The largest absolute Gasteiger partial charge is 0.496 e. The van der Waals surface area contributed by atoms with Gasteiger partial charge in [0.05, 0.1) is 19.3 Å². The van der Waals surface area contributed by atoms with E-state index in [1.165, 1.54) is 7.11 Å². The molecule has 0 atom stereocenters. The molecule has 1 aliphatic rings. The van der Waals surface area contributed by atoms with Crippen LogP contribution in [0, 0.1) is 0 Å². The summed E-state index contributed by atoms with van der Waals surface area (Å²) in [7, 11) is 1.54. The van der Waals surface area contributed by atoms with Gasteiger partial charge in [-0.05, 0) is 30.5 Å². The van der Waals surface area contributed by atoms with Gasteiger partial charge in [-0.3, -0.25) is 0 Å². The number of ether oxygens (including phenoxy) is 1. The number of benzene rings is 1. The molecule has 1 saturated carbocycles. The molecule has 19 heavy (non-hydrogen) atoms. The molecule has 0 aliphatic heterocycles. The van der Waals surface area contributed by atoms with Crippen molar-refractivity contribution in [3.63, 3.8) is 0 Å². The number of aliphatic hydroxyl groups excluding tert-OH is 1. The van der Waals surface area contributed by atoms with Crippen molar-refractivity contribution < 1.29 is 15.1 Å². The molecule has 104 valence electrons. The second kappa shape index (κ2) is 5.46. The molecule has 6 heteroatoms. The number of aliphatic hydroxyl groups is 1. The van der Waals surface area contributed by atoms with Gasteiger partial charge in [0.1, 0.15) is 5.75 Å². The van der Waals surface area contributed by atoms with Gasteiger partial charge in [0, 0.05) is 12.1 Å². The maximum atomic E-state index is 9.24. The van der Waals surface area contributed by atoms with Crippen molar-refractivity contribution in [2.75, 3.05) is 13.7 Å². The van der Waals surface area contributed by atoms with Crippen LogP contribution in [0.1, 0.15) is 24.0 Å². The first-order chi connectivity index (χ1) is 9.14. The maximum Gasteiger partial charge on any atom is 0.173 e. The molecule has 1 aliphatic carbocycles. The Labute approximate surface area is 111 Å². The number of nitrogens with two attached hydrogens (primary N) is 1. The SMILES string of the molecule is COc1cc(CNC2(CO)CC2)ccc1/C(N)=N/O. The molecule has 0 amide bonds. The summed E-state index contributed by atoms with van der Waals surface area (Å²) < 4.78 is 5.23. The van der Waals surface area contributed by atoms with Crippen LogP contribution in [0.2, 0.25) is 0 Å². The topological polar surface area (TPSA) is 100 Å². The van der Waals surface area contributed by atoms with Crippen molar-refractivity contribution in [2.24, 2.45) is 10.9 Å². The lowest BCUT2D eigenvalue weighted by Crippen LogP contribution is -2.34. The Kier molecular flexibility index (Phi) is 3.92. The lowest BCUT2D eigenvalue weighted by Gasteiger charge is -2.15. The van der Waals surface area contributed by atoms with Crippen LogP contribution >= 0.6 is 0 Å². The van der Waals surface area contributed by atoms with Gasteiger partial charge in [-0.2, -0.15) is 0 Å². The second-order valence-electron chi connectivity index (χ2n) is 4.81. The summed E-state index contributed by atoms with van der Waals surface area (Å²) in [6.07, 6.45) is 2.01. The Balaban J connectivity index is 2.10. The predicted octanol–water partition coefficient (Wildman–Crippen LogP) is 0.404. The molecule has 2 rings (SSSR count). The minimum absolute atomic E-state index is 0.0189. The van der Waals surface area contributed by atoms with Crippen LogP contribution in [0.5, 0.6) is 5.75 Å². The summed E-state index contributed by atoms with van der Waals surface area (Å²) in [5.41, 5.74) is 7.04. The van der Waals surface area contributed by atoms with Gasteiger partial charge >= 0.3 is 0 Å². The molecule has 0 unspecified atom stereocenters. The quantitative estimate of drug-likeness (QED) is 0.258. The molecule has 0 bridgehead atoms. The lowest BCUT2D eigenvalue weighted by molar-refractivity contribution is 0.229. The van der Waals surface area contributed by atoms with Crippen LogP contribution < -0.4 is 15.8 Å². The third-order valence-corrected chi connectivity index (χ3v) is 3.47. The molecule has 1 fully saturated rings. The Morgan fingerprint density at radius 3 is 2.79 bits per heavy atom. The molecule has 0 radical (unpaired) electrons. The van der Waals surface area contributed by atoms with Crippen LogP contribution in [0.4, 0.5) is 0 Å². The third-order valence-electron chi connectivity index (χ3n) is 3.47. The molecule has 6 nitrogen and oxygen atoms in total. The highest BCUT2D eigenvalue weighted by Gasteiger charge is 2.41. The molecule has 1 aromatic rings. The van der Waals surface area contributed by atoms with Crippen LogP contribution in [0.15, 0.2) is 23.4 Å². The van der Waals surface area contributed by atoms with Crippen molar-refractivity contribution in [3.8, 4) is 5.75 Å². The van der Waals surface area contributed by atoms with E-state index < -0.39 is 0 Å². The van der Waals surface area contributed by atoms with Crippen LogP contribution in [-0.4, -0.2) is 35.4 Å². The zero-order valence-electron chi connectivity index (χ0n) is 10.9. The van der Waals surface area contributed by atoms with Crippen molar-refractivity contribution in [3.05, 3.63) is 29.3 Å². The fourth-order valence-electron chi connectivity index (χ4n) is 1.94. The van der Waals surface area contributed by atoms with Gasteiger partial charge in [0.15, 0.2) is 5.84 Å². The Morgan fingerprint density at radius 1 is 1.53 bits per heavy atom. The van der Waals surface area contributed by atoms with Gasteiger partial charge in [0.25, 0.3) is 0 Å². The molecule has 0 spiro atoms. The van der Waals surface area contributed by atoms with E-state index in [1.807, 2.05) is 12.1 Å². The van der Waals surface area contributed by atoms with E-state index in [4.69, 9.17) is 15.7 Å². The normalized spacial score (nSPS) is 17.3. The van der Waals surface area contributed by atoms with Gasteiger partial charge in [-0.25, -0.2) is 0 Å². The highest BCUT2D eigenvalue weighted by atomic mass is 16.5. The second-order valence-corrected chi connectivity index (χ2v) is 4.81. The number of oxime groups is 1. The fraction of sp³-hybridized carbons (Fsp3) is 0.462. The Hall–Kier alpha value is -1.79. The molecule has 0 saturated heterocycles. The summed E-state index contributed by atoms with van der Waals surface area (Å²) in [6, 6.07) is 5.48. The number of hydrogen-bond acceptors (Lipinski definition) is 5. The van der Waals surface area contributed by atoms with Gasteiger partial charge in [-0.15, -0.1) is 0 Å². The highest BCUT2D eigenvalue weighted by Crippen LogP contribution is 2.35. The number of nitrogens with zero attached hydrogens (tertiary/aromatic N) is 1. The molecular formula is C13H19N3O3. The Morgan fingerprint density at radius 2 is 2.26 bits per heavy atom. The van der Waals surface area contributed by atoms with Crippen LogP contribution in [-0.2, 0) is 6.54 Å². The smallest absolute Gasteiger partial charge is 0.173 e. The average Bonchev–Trinajstić information content (AvgIpc) is 3.24. The first-order valence-electron chi connectivity index (χ1n) is 6.15. The Bertz CT molecular complexity index is 484. The van der Waals surface area contributed by atoms with E-state index in [0.29, 0.717) is 17.9 Å². The summed E-state index contributed by atoms with van der Waals surface area (Å²) in [4.78, 5) is 0. The molecule has 5 N–H and O–H groups in total. The van der Waals surface area contributed by atoms with E-state index in [1.54, 1.807) is 6.07 Å². The predicted molar refractivity (Wildman–Crippen MR) is 71.4 cm³/mol. The zero-order chi connectivity index (χ0) is 13.9. The molecular weight excluding hydrogens is 246 g/mol. The first kappa shape index (κ1) is 13.6. The monoisotopic (exact) mass is 265 g/mol. The fourth-order valence-corrected chi connectivity index (χ4v) is 1.94. The molecule has 0 heterocycles. The first-order valence-corrected chi connectivity index (χ1v) is 6.15. The number of amidine groups is 1. The van der Waals surface area contributed by atoms with E-state index in [9.17, 15) is 5.11 Å². The van der Waals surface area contributed by atoms with E-state index >= 15 is 0 Å².